The molecule has 1 atom stereocenters. The predicted molar refractivity (Wildman–Crippen MR) is 75.6 cm³/mol. The molecule has 1 unspecified atom stereocenters. The van der Waals surface area contributed by atoms with Crippen molar-refractivity contribution >= 4 is 17.2 Å². The molecule has 19 heavy (non-hydrogen) atoms. The van der Waals surface area contributed by atoms with Crippen LogP contribution in [0.15, 0.2) is 35.7 Å². The van der Waals surface area contributed by atoms with Gasteiger partial charge in [-0.15, -0.1) is 11.3 Å². The number of nitrogens with zero attached hydrogens (tertiary/aromatic N) is 1. The standard InChI is InChI=1S/C15H15N2OS/c16-15(18)14-13-6-2-1-4-11(13)7-8-17(14)10-12-5-3-9-19-12/h2-6,9,14H,7-8,10H2,(H2,16,18). The van der Waals surface area contributed by atoms with E-state index in [1.807, 2.05) is 24.3 Å². The average molecular weight is 271 g/mol. The highest BCUT2D eigenvalue weighted by atomic mass is 32.1. The first kappa shape index (κ1) is 12.4. The van der Waals surface area contributed by atoms with Gasteiger partial charge in [-0.3, -0.25) is 9.69 Å². The Morgan fingerprint density at radius 1 is 1.53 bits per heavy atom. The summed E-state index contributed by atoms with van der Waals surface area (Å²) in [5.41, 5.74) is 7.84. The average Bonchev–Trinajstić information content (AvgIpc) is 2.91. The second kappa shape index (κ2) is 5.15. The fraction of sp³-hybridized carbons (Fsp3) is 0.267. The third-order valence-electron chi connectivity index (χ3n) is 3.52. The minimum Gasteiger partial charge on any atom is -0.368 e. The molecule has 1 aromatic heterocycles. The molecule has 2 aromatic rings. The van der Waals surface area contributed by atoms with Gasteiger partial charge >= 0.3 is 0 Å². The molecule has 2 heterocycles. The van der Waals surface area contributed by atoms with E-state index in [1.54, 1.807) is 11.3 Å². The Bertz CT molecular complexity index is 580. The van der Waals surface area contributed by atoms with E-state index < -0.39 is 0 Å². The lowest BCUT2D eigenvalue weighted by Crippen LogP contribution is -2.41. The predicted octanol–water partition coefficient (Wildman–Crippen LogP) is 2.13. The second-order valence-electron chi connectivity index (χ2n) is 4.73. The molecule has 1 aliphatic rings. The molecule has 3 nitrogen and oxygen atoms in total. The number of hydrogen-bond donors (Lipinski definition) is 1. The van der Waals surface area contributed by atoms with Crippen molar-refractivity contribution in [2.75, 3.05) is 6.54 Å². The summed E-state index contributed by atoms with van der Waals surface area (Å²) in [5, 5.41) is 2.06. The lowest BCUT2D eigenvalue weighted by atomic mass is 9.92. The van der Waals surface area contributed by atoms with Gasteiger partial charge in [-0.05, 0) is 35.1 Å². The highest BCUT2D eigenvalue weighted by Crippen LogP contribution is 2.31. The van der Waals surface area contributed by atoms with Gasteiger partial charge in [-0.1, -0.05) is 24.3 Å². The molecule has 0 fully saturated rings. The quantitative estimate of drug-likeness (QED) is 0.929. The van der Waals surface area contributed by atoms with Gasteiger partial charge in [0.05, 0.1) is 0 Å². The largest absolute Gasteiger partial charge is 0.368 e. The van der Waals surface area contributed by atoms with Gasteiger partial charge in [0.2, 0.25) is 5.91 Å². The molecule has 1 aromatic carbocycles. The van der Waals surface area contributed by atoms with Gasteiger partial charge < -0.3 is 5.73 Å². The van der Waals surface area contributed by atoms with E-state index in [1.165, 1.54) is 10.4 Å². The number of amides is 1. The minimum absolute atomic E-state index is 0.274. The van der Waals surface area contributed by atoms with E-state index in [4.69, 9.17) is 5.73 Å². The Morgan fingerprint density at radius 2 is 2.42 bits per heavy atom. The van der Waals surface area contributed by atoms with Gasteiger partial charge in [0.1, 0.15) is 6.04 Å². The van der Waals surface area contributed by atoms with E-state index in [9.17, 15) is 4.79 Å². The number of rotatable bonds is 3. The summed E-state index contributed by atoms with van der Waals surface area (Å²) >= 11 is 1.71. The summed E-state index contributed by atoms with van der Waals surface area (Å²) in [7, 11) is 0. The van der Waals surface area contributed by atoms with Crippen LogP contribution in [0.2, 0.25) is 0 Å². The summed E-state index contributed by atoms with van der Waals surface area (Å²) in [4.78, 5) is 15.3. The first-order valence-electron chi connectivity index (χ1n) is 6.30. The van der Waals surface area contributed by atoms with Crippen molar-refractivity contribution in [2.45, 2.75) is 19.0 Å². The molecule has 97 valence electrons. The molecular formula is C15H15N2OS. The molecule has 1 amide bonds. The van der Waals surface area contributed by atoms with Crippen molar-refractivity contribution in [3.63, 3.8) is 0 Å². The molecular weight excluding hydrogens is 256 g/mol. The molecule has 0 saturated carbocycles. The first-order valence-corrected chi connectivity index (χ1v) is 7.18. The highest BCUT2D eigenvalue weighted by molar-refractivity contribution is 7.09. The molecule has 0 bridgehead atoms. The van der Waals surface area contributed by atoms with Crippen LogP contribution < -0.4 is 5.73 Å². The van der Waals surface area contributed by atoms with Crippen molar-refractivity contribution in [3.8, 4) is 0 Å². The van der Waals surface area contributed by atoms with Crippen LogP contribution in [-0.4, -0.2) is 17.4 Å². The van der Waals surface area contributed by atoms with E-state index in [-0.39, 0.29) is 11.9 Å². The lowest BCUT2D eigenvalue weighted by Gasteiger charge is -2.35. The number of nitrogens with two attached hydrogens (primary N) is 1. The molecule has 4 heteroatoms. The van der Waals surface area contributed by atoms with E-state index >= 15 is 0 Å². The highest BCUT2D eigenvalue weighted by Gasteiger charge is 2.31. The van der Waals surface area contributed by atoms with Crippen molar-refractivity contribution in [1.82, 2.24) is 4.90 Å². The summed E-state index contributed by atoms with van der Waals surface area (Å²) in [6.07, 6.45) is 0.946. The zero-order valence-electron chi connectivity index (χ0n) is 10.5. The van der Waals surface area contributed by atoms with Crippen LogP contribution in [0.4, 0.5) is 0 Å². The second-order valence-corrected chi connectivity index (χ2v) is 5.76. The van der Waals surface area contributed by atoms with Crippen LogP contribution in [0.25, 0.3) is 0 Å². The number of fused-ring (bicyclic) bond motifs is 1. The maximum absolute atomic E-state index is 11.8. The maximum Gasteiger partial charge on any atom is 0.239 e. The zero-order valence-corrected chi connectivity index (χ0v) is 11.3. The van der Waals surface area contributed by atoms with Gasteiger partial charge in [0.25, 0.3) is 0 Å². The minimum atomic E-state index is -0.319. The molecule has 0 spiro atoms. The number of benzene rings is 1. The van der Waals surface area contributed by atoms with Crippen LogP contribution in [0.5, 0.6) is 0 Å². The van der Waals surface area contributed by atoms with Crippen molar-refractivity contribution in [2.24, 2.45) is 5.73 Å². The van der Waals surface area contributed by atoms with Crippen LogP contribution in [-0.2, 0) is 17.8 Å². The molecule has 2 N–H and O–H groups in total. The Kier molecular flexibility index (Phi) is 3.36. The summed E-state index contributed by atoms with van der Waals surface area (Å²) in [6, 6.07) is 12.7. The van der Waals surface area contributed by atoms with Crippen molar-refractivity contribution in [1.29, 1.82) is 0 Å². The first-order chi connectivity index (χ1) is 9.25. The summed E-state index contributed by atoms with van der Waals surface area (Å²) in [5.74, 6) is -0.274. The number of thiophene rings is 1. The van der Waals surface area contributed by atoms with Crippen LogP contribution in [0.1, 0.15) is 22.0 Å². The van der Waals surface area contributed by atoms with Gasteiger partial charge in [-0.25, -0.2) is 0 Å². The van der Waals surface area contributed by atoms with E-state index in [2.05, 4.69) is 22.4 Å². The monoisotopic (exact) mass is 271 g/mol. The summed E-state index contributed by atoms with van der Waals surface area (Å²) < 4.78 is 0. The normalized spacial score (nSPS) is 19.1. The Morgan fingerprint density at radius 3 is 3.16 bits per heavy atom. The SMILES string of the molecule is NC(=O)C1c2cc[c]cc2CCN1Cc1cccs1. The smallest absolute Gasteiger partial charge is 0.239 e. The van der Waals surface area contributed by atoms with Gasteiger partial charge in [0.15, 0.2) is 0 Å². The fourth-order valence-corrected chi connectivity index (χ4v) is 3.39. The van der Waals surface area contributed by atoms with E-state index in [0.29, 0.717) is 0 Å². The number of hydrogen-bond acceptors (Lipinski definition) is 3. The third kappa shape index (κ3) is 2.41. The molecule has 1 aliphatic heterocycles. The third-order valence-corrected chi connectivity index (χ3v) is 4.39. The van der Waals surface area contributed by atoms with Crippen molar-refractivity contribution < 1.29 is 4.79 Å². The Hall–Kier alpha value is -1.65. The van der Waals surface area contributed by atoms with Crippen LogP contribution in [0, 0.1) is 6.07 Å². The van der Waals surface area contributed by atoms with Gasteiger partial charge in [0, 0.05) is 18.0 Å². The molecule has 0 saturated heterocycles. The Balaban J connectivity index is 1.92. The zero-order chi connectivity index (χ0) is 13.2. The molecule has 3 rings (SSSR count). The Labute approximate surface area is 116 Å². The molecule has 0 aliphatic carbocycles. The van der Waals surface area contributed by atoms with Crippen molar-refractivity contribution in [3.05, 3.63) is 57.8 Å². The van der Waals surface area contributed by atoms with Crippen LogP contribution >= 0.6 is 11.3 Å². The topological polar surface area (TPSA) is 46.3 Å². The van der Waals surface area contributed by atoms with Gasteiger partial charge in [-0.2, -0.15) is 0 Å². The summed E-state index contributed by atoms with van der Waals surface area (Å²) in [6.45, 7) is 1.64. The maximum atomic E-state index is 11.8. The van der Waals surface area contributed by atoms with E-state index in [0.717, 1.165) is 25.1 Å². The number of carbonyl (C=O) groups is 1. The fourth-order valence-electron chi connectivity index (χ4n) is 2.66. The number of primary amides is 1. The number of carbonyl (C=O) groups excluding carboxylic acids is 1. The lowest BCUT2D eigenvalue weighted by molar-refractivity contribution is -0.124. The van der Waals surface area contributed by atoms with Crippen LogP contribution in [0.3, 0.4) is 0 Å². The molecule has 1 radical (unpaired) electrons.